The SMILES string of the molecule is COc1cc(OC)cc(C(O)c2cccc(Cl)c2C)c1. The van der Waals surface area contributed by atoms with E-state index in [4.69, 9.17) is 21.1 Å². The number of methoxy groups -OCH3 is 2. The van der Waals surface area contributed by atoms with Crippen molar-refractivity contribution in [2.45, 2.75) is 13.0 Å². The molecule has 4 heteroatoms. The van der Waals surface area contributed by atoms with Gasteiger partial charge in [0.25, 0.3) is 0 Å². The molecule has 3 nitrogen and oxygen atoms in total. The molecule has 0 aromatic heterocycles. The first kappa shape index (κ1) is 14.7. The van der Waals surface area contributed by atoms with Gasteiger partial charge in [-0.2, -0.15) is 0 Å². The average Bonchev–Trinajstić information content (AvgIpc) is 2.48. The Morgan fingerprint density at radius 1 is 1.05 bits per heavy atom. The van der Waals surface area contributed by atoms with E-state index >= 15 is 0 Å². The molecule has 0 amide bonds. The smallest absolute Gasteiger partial charge is 0.122 e. The topological polar surface area (TPSA) is 38.7 Å². The molecule has 0 aliphatic carbocycles. The summed E-state index contributed by atoms with van der Waals surface area (Å²) in [5.74, 6) is 1.27. The molecular weight excluding hydrogens is 276 g/mol. The molecule has 0 aliphatic rings. The predicted octanol–water partition coefficient (Wildman–Crippen LogP) is 3.75. The fourth-order valence-electron chi connectivity index (χ4n) is 2.09. The maximum absolute atomic E-state index is 10.6. The Kier molecular flexibility index (Phi) is 4.53. The minimum absolute atomic E-state index is 0.636. The van der Waals surface area contributed by atoms with Crippen LogP contribution in [0.25, 0.3) is 0 Å². The van der Waals surface area contributed by atoms with Crippen molar-refractivity contribution in [2.75, 3.05) is 14.2 Å². The molecule has 0 saturated heterocycles. The molecule has 2 aromatic rings. The predicted molar refractivity (Wildman–Crippen MR) is 79.8 cm³/mol. The Balaban J connectivity index is 2.47. The molecule has 2 rings (SSSR count). The number of hydrogen-bond acceptors (Lipinski definition) is 3. The largest absolute Gasteiger partial charge is 0.497 e. The van der Waals surface area contributed by atoms with E-state index in [1.807, 2.05) is 19.1 Å². The summed E-state index contributed by atoms with van der Waals surface area (Å²) in [6.45, 7) is 1.89. The molecule has 0 saturated carbocycles. The first-order valence-corrected chi connectivity index (χ1v) is 6.60. The zero-order chi connectivity index (χ0) is 14.7. The van der Waals surface area contributed by atoms with Crippen LogP contribution in [-0.4, -0.2) is 19.3 Å². The van der Waals surface area contributed by atoms with E-state index in [0.717, 1.165) is 11.1 Å². The normalized spacial score (nSPS) is 12.1. The summed E-state index contributed by atoms with van der Waals surface area (Å²) in [5, 5.41) is 11.2. The van der Waals surface area contributed by atoms with Gasteiger partial charge >= 0.3 is 0 Å². The lowest BCUT2D eigenvalue weighted by Gasteiger charge is -2.17. The summed E-state index contributed by atoms with van der Waals surface area (Å²) in [7, 11) is 3.16. The minimum Gasteiger partial charge on any atom is -0.497 e. The Morgan fingerprint density at radius 2 is 1.65 bits per heavy atom. The minimum atomic E-state index is -0.780. The second kappa shape index (κ2) is 6.16. The van der Waals surface area contributed by atoms with Crippen LogP contribution in [-0.2, 0) is 0 Å². The summed E-state index contributed by atoms with van der Waals surface area (Å²) in [6, 6.07) is 10.8. The van der Waals surface area contributed by atoms with Gasteiger partial charge in [0.1, 0.15) is 17.6 Å². The van der Waals surface area contributed by atoms with Crippen LogP contribution >= 0.6 is 11.6 Å². The highest BCUT2D eigenvalue weighted by Gasteiger charge is 2.16. The summed E-state index contributed by atoms with van der Waals surface area (Å²) >= 11 is 6.10. The van der Waals surface area contributed by atoms with E-state index in [1.165, 1.54) is 0 Å². The van der Waals surface area contributed by atoms with E-state index in [0.29, 0.717) is 22.1 Å². The van der Waals surface area contributed by atoms with E-state index in [9.17, 15) is 5.11 Å². The number of hydrogen-bond donors (Lipinski definition) is 1. The number of benzene rings is 2. The van der Waals surface area contributed by atoms with E-state index in [1.54, 1.807) is 38.5 Å². The van der Waals surface area contributed by atoms with Gasteiger partial charge in [-0.15, -0.1) is 0 Å². The lowest BCUT2D eigenvalue weighted by atomic mass is 9.97. The van der Waals surface area contributed by atoms with Crippen LogP contribution < -0.4 is 9.47 Å². The van der Waals surface area contributed by atoms with Crippen LogP contribution in [0.3, 0.4) is 0 Å². The van der Waals surface area contributed by atoms with Gasteiger partial charge in [0, 0.05) is 11.1 Å². The monoisotopic (exact) mass is 292 g/mol. The zero-order valence-corrected chi connectivity index (χ0v) is 12.4. The number of aliphatic hydroxyl groups excluding tert-OH is 1. The second-order valence-corrected chi connectivity index (χ2v) is 4.91. The fraction of sp³-hybridized carbons (Fsp3) is 0.250. The van der Waals surface area contributed by atoms with Crippen molar-refractivity contribution >= 4 is 11.6 Å². The summed E-state index contributed by atoms with van der Waals surface area (Å²) in [4.78, 5) is 0. The number of halogens is 1. The van der Waals surface area contributed by atoms with Crippen LogP contribution in [0.2, 0.25) is 5.02 Å². The molecule has 20 heavy (non-hydrogen) atoms. The van der Waals surface area contributed by atoms with E-state index in [2.05, 4.69) is 0 Å². The van der Waals surface area contributed by atoms with Crippen molar-refractivity contribution in [1.29, 1.82) is 0 Å². The Bertz CT molecular complexity index is 588. The van der Waals surface area contributed by atoms with E-state index in [-0.39, 0.29) is 0 Å². The van der Waals surface area contributed by atoms with Gasteiger partial charge in [-0.1, -0.05) is 23.7 Å². The van der Waals surface area contributed by atoms with Crippen molar-refractivity contribution in [2.24, 2.45) is 0 Å². The Hall–Kier alpha value is -1.71. The van der Waals surface area contributed by atoms with Crippen molar-refractivity contribution < 1.29 is 14.6 Å². The number of ether oxygens (including phenoxy) is 2. The molecule has 1 unspecified atom stereocenters. The Morgan fingerprint density at radius 3 is 2.20 bits per heavy atom. The molecule has 1 atom stereocenters. The molecule has 0 bridgehead atoms. The standard InChI is InChI=1S/C16H17ClO3/c1-10-14(5-4-6-15(10)17)16(18)11-7-12(19-2)9-13(8-11)20-3/h4-9,16,18H,1-3H3. The van der Waals surface area contributed by atoms with Crippen LogP contribution in [0.5, 0.6) is 11.5 Å². The summed E-state index contributed by atoms with van der Waals surface area (Å²) in [6.07, 6.45) is -0.780. The number of aliphatic hydroxyl groups is 1. The molecular formula is C16H17ClO3. The third-order valence-electron chi connectivity index (χ3n) is 3.29. The van der Waals surface area contributed by atoms with Crippen LogP contribution in [0.15, 0.2) is 36.4 Å². The second-order valence-electron chi connectivity index (χ2n) is 4.50. The van der Waals surface area contributed by atoms with Gasteiger partial charge in [-0.25, -0.2) is 0 Å². The summed E-state index contributed by atoms with van der Waals surface area (Å²) in [5.41, 5.74) is 2.34. The maximum Gasteiger partial charge on any atom is 0.122 e. The third-order valence-corrected chi connectivity index (χ3v) is 3.70. The number of rotatable bonds is 4. The highest BCUT2D eigenvalue weighted by atomic mass is 35.5. The Labute approximate surface area is 123 Å². The van der Waals surface area contributed by atoms with Crippen LogP contribution in [0.4, 0.5) is 0 Å². The molecule has 0 fully saturated rings. The molecule has 0 spiro atoms. The van der Waals surface area contributed by atoms with Crippen molar-refractivity contribution in [3.63, 3.8) is 0 Å². The van der Waals surface area contributed by atoms with Crippen LogP contribution in [0, 0.1) is 6.92 Å². The summed E-state index contributed by atoms with van der Waals surface area (Å²) < 4.78 is 10.4. The van der Waals surface area contributed by atoms with Gasteiger partial charge < -0.3 is 14.6 Å². The van der Waals surface area contributed by atoms with Crippen LogP contribution in [0.1, 0.15) is 22.8 Å². The molecule has 1 N–H and O–H groups in total. The zero-order valence-electron chi connectivity index (χ0n) is 11.7. The van der Waals surface area contributed by atoms with Gasteiger partial charge in [0.15, 0.2) is 0 Å². The van der Waals surface area contributed by atoms with Crippen molar-refractivity contribution in [3.05, 3.63) is 58.1 Å². The quantitative estimate of drug-likeness (QED) is 0.933. The van der Waals surface area contributed by atoms with Gasteiger partial charge in [0.2, 0.25) is 0 Å². The third kappa shape index (κ3) is 2.89. The first-order chi connectivity index (χ1) is 9.56. The lowest BCUT2D eigenvalue weighted by Crippen LogP contribution is -2.03. The van der Waals surface area contributed by atoms with Crippen molar-refractivity contribution in [1.82, 2.24) is 0 Å². The molecule has 2 aromatic carbocycles. The maximum atomic E-state index is 10.6. The molecule has 106 valence electrons. The molecule has 0 aliphatic heterocycles. The molecule has 0 heterocycles. The highest BCUT2D eigenvalue weighted by Crippen LogP contribution is 2.32. The van der Waals surface area contributed by atoms with Gasteiger partial charge in [-0.05, 0) is 41.8 Å². The highest BCUT2D eigenvalue weighted by molar-refractivity contribution is 6.31. The lowest BCUT2D eigenvalue weighted by molar-refractivity contribution is 0.218. The molecule has 0 radical (unpaired) electrons. The van der Waals surface area contributed by atoms with Crippen molar-refractivity contribution in [3.8, 4) is 11.5 Å². The average molecular weight is 293 g/mol. The first-order valence-electron chi connectivity index (χ1n) is 6.23. The van der Waals surface area contributed by atoms with Gasteiger partial charge in [-0.3, -0.25) is 0 Å². The fourth-order valence-corrected chi connectivity index (χ4v) is 2.27. The van der Waals surface area contributed by atoms with E-state index < -0.39 is 6.10 Å². The van der Waals surface area contributed by atoms with Gasteiger partial charge in [0.05, 0.1) is 14.2 Å².